The molecule has 3 aromatic heterocycles. The molecule has 9 heteroatoms. The van der Waals surface area contributed by atoms with Crippen LogP contribution in [0.1, 0.15) is 40.5 Å². The normalized spacial score (nSPS) is 15.8. The van der Waals surface area contributed by atoms with Crippen LogP contribution in [0.2, 0.25) is 0 Å². The molecule has 1 N–H and O–H groups in total. The number of amides is 1. The van der Waals surface area contributed by atoms with Gasteiger partial charge >= 0.3 is 0 Å². The van der Waals surface area contributed by atoms with E-state index in [1.54, 1.807) is 22.9 Å². The average molecular weight is 408 g/mol. The van der Waals surface area contributed by atoms with Crippen LogP contribution in [0, 0.1) is 6.92 Å². The molecule has 5 rings (SSSR count). The lowest BCUT2D eigenvalue weighted by atomic mass is 9.79. The number of alkyl halides is 2. The number of hydrogen-bond acceptors (Lipinski definition) is 4. The van der Waals surface area contributed by atoms with E-state index in [0.717, 1.165) is 5.56 Å². The lowest BCUT2D eigenvalue weighted by molar-refractivity contribution is -0.0876. The maximum Gasteiger partial charge on any atom is 0.274 e. The van der Waals surface area contributed by atoms with Gasteiger partial charge in [0.15, 0.2) is 0 Å². The van der Waals surface area contributed by atoms with Crippen molar-refractivity contribution in [1.82, 2.24) is 24.4 Å². The Hall–Kier alpha value is -3.62. The van der Waals surface area contributed by atoms with Gasteiger partial charge in [0.2, 0.25) is 5.92 Å². The Morgan fingerprint density at radius 2 is 2.07 bits per heavy atom. The Labute approximate surface area is 170 Å². The molecule has 0 atom stereocenters. The number of rotatable bonds is 4. The Bertz CT molecular complexity index is 1250. The van der Waals surface area contributed by atoms with Gasteiger partial charge in [-0.15, -0.1) is 5.10 Å². The summed E-state index contributed by atoms with van der Waals surface area (Å²) in [5.41, 5.74) is 3.83. The molecule has 1 aliphatic rings. The SMILES string of the molecule is Cc1ccc(-n2cc(C3CC(F)(F)C3)nn2)cc1NC(=O)c1cnc2ccccn12. The maximum atomic E-state index is 13.1. The standard InChI is InChI=1S/C21H18F2N6O/c1-13-5-6-15(29-12-17(26-27-29)14-9-21(22,23)10-14)8-16(13)25-20(30)18-11-24-19-4-2-3-7-28(18)19/h2-8,11-12,14H,9-10H2,1H3,(H,25,30). The van der Waals surface area contributed by atoms with Crippen molar-refractivity contribution in [3.05, 3.63) is 71.9 Å². The number of carbonyl (C=O) groups is 1. The van der Waals surface area contributed by atoms with Crippen LogP contribution >= 0.6 is 0 Å². The van der Waals surface area contributed by atoms with E-state index in [-0.39, 0.29) is 24.7 Å². The minimum Gasteiger partial charge on any atom is -0.320 e. The van der Waals surface area contributed by atoms with E-state index in [1.165, 1.54) is 10.9 Å². The minimum absolute atomic E-state index is 0.194. The zero-order valence-electron chi connectivity index (χ0n) is 16.1. The number of aryl methyl sites for hydroxylation is 1. The highest BCUT2D eigenvalue weighted by Gasteiger charge is 2.47. The second-order valence-electron chi connectivity index (χ2n) is 7.57. The van der Waals surface area contributed by atoms with Gasteiger partial charge < -0.3 is 5.32 Å². The van der Waals surface area contributed by atoms with Gasteiger partial charge in [0, 0.05) is 30.6 Å². The van der Waals surface area contributed by atoms with E-state index in [2.05, 4.69) is 20.6 Å². The summed E-state index contributed by atoms with van der Waals surface area (Å²) in [6, 6.07) is 11.0. The molecule has 1 amide bonds. The number of imidazole rings is 1. The van der Waals surface area contributed by atoms with Crippen molar-refractivity contribution < 1.29 is 13.6 Å². The molecular formula is C21H18F2N6O. The lowest BCUT2D eigenvalue weighted by Crippen LogP contribution is -2.33. The van der Waals surface area contributed by atoms with Gasteiger partial charge in [0.05, 0.1) is 23.8 Å². The number of pyridine rings is 1. The van der Waals surface area contributed by atoms with Gasteiger partial charge in [-0.1, -0.05) is 17.3 Å². The molecule has 1 fully saturated rings. The van der Waals surface area contributed by atoms with Crippen molar-refractivity contribution in [2.45, 2.75) is 31.6 Å². The van der Waals surface area contributed by atoms with Crippen LogP contribution in [0.15, 0.2) is 55.0 Å². The van der Waals surface area contributed by atoms with Crippen LogP contribution in [-0.2, 0) is 0 Å². The second-order valence-corrected chi connectivity index (χ2v) is 7.57. The molecule has 0 spiro atoms. The summed E-state index contributed by atoms with van der Waals surface area (Å²) in [4.78, 5) is 17.1. The van der Waals surface area contributed by atoms with Crippen molar-refractivity contribution in [1.29, 1.82) is 0 Å². The maximum absolute atomic E-state index is 13.1. The number of aromatic nitrogens is 5. The number of benzene rings is 1. The number of nitrogens with one attached hydrogen (secondary N) is 1. The average Bonchev–Trinajstić information content (AvgIpc) is 3.35. The summed E-state index contributed by atoms with van der Waals surface area (Å²) in [5.74, 6) is -3.16. The molecule has 7 nitrogen and oxygen atoms in total. The van der Waals surface area contributed by atoms with Crippen LogP contribution in [0.5, 0.6) is 0 Å². The Balaban J connectivity index is 1.39. The number of fused-ring (bicyclic) bond motifs is 1. The summed E-state index contributed by atoms with van der Waals surface area (Å²) in [6.45, 7) is 1.89. The van der Waals surface area contributed by atoms with E-state index in [1.807, 2.05) is 37.3 Å². The molecule has 1 aromatic carbocycles. The predicted octanol–water partition coefficient (Wildman–Crippen LogP) is 3.99. The van der Waals surface area contributed by atoms with Crippen LogP contribution < -0.4 is 5.32 Å². The molecule has 0 saturated heterocycles. The van der Waals surface area contributed by atoms with E-state index < -0.39 is 5.92 Å². The zero-order chi connectivity index (χ0) is 20.9. The second kappa shape index (κ2) is 6.72. The summed E-state index contributed by atoms with van der Waals surface area (Å²) < 4.78 is 29.5. The van der Waals surface area contributed by atoms with Gasteiger partial charge in [0.1, 0.15) is 11.3 Å². The Morgan fingerprint density at radius 3 is 2.87 bits per heavy atom. The first kappa shape index (κ1) is 18.4. The molecule has 0 radical (unpaired) electrons. The van der Waals surface area contributed by atoms with E-state index in [0.29, 0.717) is 28.4 Å². The molecule has 0 bridgehead atoms. The van der Waals surface area contributed by atoms with Crippen molar-refractivity contribution in [3.63, 3.8) is 0 Å². The third-order valence-corrected chi connectivity index (χ3v) is 5.40. The molecule has 1 aliphatic carbocycles. The molecule has 3 heterocycles. The van der Waals surface area contributed by atoms with Crippen LogP contribution in [0.4, 0.5) is 14.5 Å². The Kier molecular flexibility index (Phi) is 4.12. The van der Waals surface area contributed by atoms with Gasteiger partial charge in [-0.2, -0.15) is 0 Å². The summed E-state index contributed by atoms with van der Waals surface area (Å²) in [7, 11) is 0. The number of hydrogen-bond donors (Lipinski definition) is 1. The van der Waals surface area contributed by atoms with Gasteiger partial charge in [0.25, 0.3) is 5.91 Å². The highest BCUT2D eigenvalue weighted by atomic mass is 19.3. The van der Waals surface area contributed by atoms with Gasteiger partial charge in [-0.25, -0.2) is 18.4 Å². The van der Waals surface area contributed by atoms with Crippen molar-refractivity contribution in [2.75, 3.05) is 5.32 Å². The smallest absolute Gasteiger partial charge is 0.274 e. The highest BCUT2D eigenvalue weighted by molar-refractivity contribution is 6.04. The van der Waals surface area contributed by atoms with E-state index >= 15 is 0 Å². The van der Waals surface area contributed by atoms with Crippen LogP contribution in [-0.4, -0.2) is 36.2 Å². The molecule has 0 aliphatic heterocycles. The number of halogens is 2. The molecule has 1 saturated carbocycles. The third-order valence-electron chi connectivity index (χ3n) is 5.40. The van der Waals surface area contributed by atoms with Crippen LogP contribution in [0.25, 0.3) is 11.3 Å². The summed E-state index contributed by atoms with van der Waals surface area (Å²) in [5, 5.41) is 11.0. The molecule has 4 aromatic rings. The topological polar surface area (TPSA) is 77.1 Å². The zero-order valence-corrected chi connectivity index (χ0v) is 16.1. The quantitative estimate of drug-likeness (QED) is 0.554. The fourth-order valence-electron chi connectivity index (χ4n) is 3.63. The Morgan fingerprint density at radius 1 is 1.23 bits per heavy atom. The van der Waals surface area contributed by atoms with Gasteiger partial charge in [-0.05, 0) is 36.8 Å². The molecular weight excluding hydrogens is 390 g/mol. The van der Waals surface area contributed by atoms with Crippen molar-refractivity contribution in [2.24, 2.45) is 0 Å². The first-order valence-corrected chi connectivity index (χ1v) is 9.54. The summed E-state index contributed by atoms with van der Waals surface area (Å²) in [6.07, 6.45) is 4.59. The number of carbonyl (C=O) groups excluding carboxylic acids is 1. The van der Waals surface area contributed by atoms with Gasteiger partial charge in [-0.3, -0.25) is 9.20 Å². The van der Waals surface area contributed by atoms with E-state index in [9.17, 15) is 13.6 Å². The first-order valence-electron chi connectivity index (χ1n) is 9.54. The third kappa shape index (κ3) is 3.22. The van der Waals surface area contributed by atoms with Crippen LogP contribution in [0.3, 0.4) is 0 Å². The molecule has 30 heavy (non-hydrogen) atoms. The molecule has 152 valence electrons. The predicted molar refractivity (Wildman–Crippen MR) is 106 cm³/mol. The molecule has 0 unspecified atom stereocenters. The fourth-order valence-corrected chi connectivity index (χ4v) is 3.63. The monoisotopic (exact) mass is 408 g/mol. The first-order chi connectivity index (χ1) is 14.4. The highest BCUT2D eigenvalue weighted by Crippen LogP contribution is 2.47. The largest absolute Gasteiger partial charge is 0.320 e. The fraction of sp³-hybridized carbons (Fsp3) is 0.238. The number of anilines is 1. The lowest BCUT2D eigenvalue weighted by Gasteiger charge is -2.33. The van der Waals surface area contributed by atoms with E-state index in [4.69, 9.17) is 0 Å². The van der Waals surface area contributed by atoms with Crippen molar-refractivity contribution in [3.8, 4) is 5.69 Å². The number of nitrogens with zero attached hydrogens (tertiary/aromatic N) is 5. The minimum atomic E-state index is -2.60. The van der Waals surface area contributed by atoms with Crippen molar-refractivity contribution >= 4 is 17.2 Å². The summed E-state index contributed by atoms with van der Waals surface area (Å²) >= 11 is 0.